The third-order valence-corrected chi connectivity index (χ3v) is 6.61. The van der Waals surface area contributed by atoms with Crippen LogP contribution in [0.4, 0.5) is 0 Å². The zero-order valence-electron chi connectivity index (χ0n) is 14.5. The average molecular weight is 421 g/mol. The summed E-state index contributed by atoms with van der Waals surface area (Å²) in [6, 6.07) is 23.7. The number of rotatable bonds is 3. The number of benzene rings is 3. The molecule has 0 aliphatic rings. The Kier molecular flexibility index (Phi) is 4.43. The van der Waals surface area contributed by atoms with Crippen LogP contribution in [0.3, 0.4) is 0 Å². The van der Waals surface area contributed by atoms with E-state index in [2.05, 4.69) is 17.1 Å². The second-order valence-electron chi connectivity index (χ2n) is 6.26. The Balaban J connectivity index is 1.48. The van der Waals surface area contributed by atoms with Crippen molar-refractivity contribution in [3.63, 3.8) is 0 Å². The van der Waals surface area contributed by atoms with Crippen molar-refractivity contribution >= 4 is 56.8 Å². The maximum absolute atomic E-state index is 12.8. The monoisotopic (exact) mass is 420 g/mol. The van der Waals surface area contributed by atoms with Gasteiger partial charge in [-0.2, -0.15) is 0 Å². The van der Waals surface area contributed by atoms with Crippen LogP contribution in [0.2, 0.25) is 5.02 Å². The van der Waals surface area contributed by atoms with Gasteiger partial charge in [-0.25, -0.2) is 9.38 Å². The number of hydrogen-bond donors (Lipinski definition) is 0. The molecular weight excluding hydrogens is 408 g/mol. The lowest BCUT2D eigenvalue weighted by atomic mass is 10.2. The number of nitrogens with zero attached hydrogens (tertiary/aromatic N) is 2. The predicted molar refractivity (Wildman–Crippen MR) is 118 cm³/mol. The largest absolute Gasteiger partial charge is 0.274 e. The Bertz CT molecular complexity index is 1400. The van der Waals surface area contributed by atoms with Crippen LogP contribution in [-0.4, -0.2) is 9.38 Å². The number of para-hydroxylation sites is 2. The van der Waals surface area contributed by atoms with Crippen LogP contribution in [0.15, 0.2) is 87.4 Å². The number of thiazole rings is 1. The molecule has 0 radical (unpaired) electrons. The molecule has 6 heteroatoms. The summed E-state index contributed by atoms with van der Waals surface area (Å²) in [5, 5.41) is 0.734. The number of imidazole rings is 1. The van der Waals surface area contributed by atoms with Crippen LogP contribution >= 0.6 is 34.7 Å². The zero-order valence-corrected chi connectivity index (χ0v) is 16.9. The van der Waals surface area contributed by atoms with Crippen molar-refractivity contribution in [1.82, 2.24) is 9.38 Å². The fourth-order valence-electron chi connectivity index (χ4n) is 3.03. The normalized spacial score (nSPS) is 12.2. The van der Waals surface area contributed by atoms with Gasteiger partial charge in [-0.05, 0) is 60.2 Å². The van der Waals surface area contributed by atoms with Crippen LogP contribution in [-0.2, 0) is 0 Å². The fourth-order valence-corrected chi connectivity index (χ4v) is 4.96. The molecule has 0 N–H and O–H groups in total. The summed E-state index contributed by atoms with van der Waals surface area (Å²) in [7, 11) is 0. The summed E-state index contributed by atoms with van der Waals surface area (Å²) in [5.74, 6) is 0. The lowest BCUT2D eigenvalue weighted by Crippen LogP contribution is -2.22. The summed E-state index contributed by atoms with van der Waals surface area (Å²) in [6.07, 6.45) is 1.92. The molecule has 0 saturated heterocycles. The van der Waals surface area contributed by atoms with Crippen LogP contribution in [0.25, 0.3) is 22.1 Å². The third-order valence-electron chi connectivity index (χ3n) is 4.37. The van der Waals surface area contributed by atoms with Crippen molar-refractivity contribution in [2.45, 2.75) is 9.79 Å². The minimum absolute atomic E-state index is 0.0201. The van der Waals surface area contributed by atoms with Crippen LogP contribution in [0.5, 0.6) is 0 Å². The lowest BCUT2D eigenvalue weighted by molar-refractivity contribution is 1.19. The summed E-state index contributed by atoms with van der Waals surface area (Å²) in [4.78, 5) is 20.4. The Hall–Kier alpha value is -2.60. The average Bonchev–Trinajstić information content (AvgIpc) is 3.22. The Labute approximate surface area is 173 Å². The molecule has 0 amide bonds. The van der Waals surface area contributed by atoms with Gasteiger partial charge in [0, 0.05) is 14.8 Å². The van der Waals surface area contributed by atoms with Gasteiger partial charge in [0.1, 0.15) is 0 Å². The highest BCUT2D eigenvalue weighted by Crippen LogP contribution is 2.28. The zero-order chi connectivity index (χ0) is 19.1. The standard InChI is InChI=1S/C22H13ClN2OS2/c23-15-7-11-17(12-8-15)27-16-9-5-14(6-10-16)13-20-21(26)25-19-4-2-1-3-18(19)24-22(25)28-20/h1-13H/b20-13-. The van der Waals surface area contributed by atoms with E-state index in [4.69, 9.17) is 11.6 Å². The van der Waals surface area contributed by atoms with Crippen molar-refractivity contribution < 1.29 is 0 Å². The molecule has 2 heterocycles. The molecule has 0 aliphatic carbocycles. The lowest BCUT2D eigenvalue weighted by Gasteiger charge is -2.02. The van der Waals surface area contributed by atoms with Crippen molar-refractivity contribution in [2.24, 2.45) is 0 Å². The van der Waals surface area contributed by atoms with Crippen molar-refractivity contribution in [3.05, 3.63) is 98.3 Å². The minimum Gasteiger partial charge on any atom is -0.267 e. The highest BCUT2D eigenvalue weighted by atomic mass is 35.5. The fraction of sp³-hybridized carbons (Fsp3) is 0. The second kappa shape index (κ2) is 7.09. The van der Waals surface area contributed by atoms with Gasteiger partial charge in [-0.3, -0.25) is 4.79 Å². The van der Waals surface area contributed by atoms with Gasteiger partial charge in [0.15, 0.2) is 4.96 Å². The smallest absolute Gasteiger partial charge is 0.267 e. The molecular formula is C22H13ClN2OS2. The highest BCUT2D eigenvalue weighted by molar-refractivity contribution is 7.99. The molecule has 0 fully saturated rings. The third kappa shape index (κ3) is 3.22. The molecule has 5 rings (SSSR count). The van der Waals surface area contributed by atoms with Gasteiger partial charge in [-0.1, -0.05) is 59.0 Å². The predicted octanol–water partition coefficient (Wildman–Crippen LogP) is 5.26. The molecule has 0 saturated carbocycles. The Morgan fingerprint density at radius 3 is 2.36 bits per heavy atom. The molecule has 0 aliphatic heterocycles. The highest BCUT2D eigenvalue weighted by Gasteiger charge is 2.10. The van der Waals surface area contributed by atoms with Gasteiger partial charge in [-0.15, -0.1) is 0 Å². The molecule has 0 bridgehead atoms. The molecule has 136 valence electrons. The Morgan fingerprint density at radius 2 is 1.61 bits per heavy atom. The number of aromatic nitrogens is 2. The van der Waals surface area contributed by atoms with Crippen LogP contribution in [0.1, 0.15) is 5.56 Å². The molecule has 0 unspecified atom stereocenters. The molecule has 28 heavy (non-hydrogen) atoms. The van der Waals surface area contributed by atoms with E-state index in [0.717, 1.165) is 36.4 Å². The van der Waals surface area contributed by atoms with Crippen molar-refractivity contribution in [1.29, 1.82) is 0 Å². The SMILES string of the molecule is O=c1/c(=C/c2ccc(Sc3ccc(Cl)cc3)cc2)sc2nc3ccccc3n12. The van der Waals surface area contributed by atoms with E-state index in [1.165, 1.54) is 11.3 Å². The van der Waals surface area contributed by atoms with Gasteiger partial charge >= 0.3 is 0 Å². The van der Waals surface area contributed by atoms with Crippen molar-refractivity contribution in [3.8, 4) is 0 Å². The molecule has 0 atom stereocenters. The first-order valence-corrected chi connectivity index (χ1v) is 10.6. The molecule has 0 spiro atoms. The van der Waals surface area contributed by atoms with Gasteiger partial charge in [0.2, 0.25) is 0 Å². The number of hydrogen-bond acceptors (Lipinski definition) is 4. The van der Waals surface area contributed by atoms with Gasteiger partial charge in [0.25, 0.3) is 5.56 Å². The van der Waals surface area contributed by atoms with Gasteiger partial charge < -0.3 is 0 Å². The summed E-state index contributed by atoms with van der Waals surface area (Å²) >= 11 is 9.03. The van der Waals surface area contributed by atoms with Crippen LogP contribution < -0.4 is 10.1 Å². The summed E-state index contributed by atoms with van der Waals surface area (Å²) in [6.45, 7) is 0. The first-order chi connectivity index (χ1) is 13.7. The topological polar surface area (TPSA) is 34.4 Å². The van der Waals surface area contributed by atoms with Crippen molar-refractivity contribution in [2.75, 3.05) is 0 Å². The van der Waals surface area contributed by atoms with Crippen LogP contribution in [0, 0.1) is 0 Å². The number of fused-ring (bicyclic) bond motifs is 3. The first-order valence-electron chi connectivity index (χ1n) is 8.63. The summed E-state index contributed by atoms with van der Waals surface area (Å²) in [5.41, 5.74) is 2.67. The maximum atomic E-state index is 12.8. The minimum atomic E-state index is -0.0201. The molecule has 2 aromatic heterocycles. The van der Waals surface area contributed by atoms with E-state index in [1.807, 2.05) is 66.7 Å². The van der Waals surface area contributed by atoms with E-state index < -0.39 is 0 Å². The molecule has 5 aromatic rings. The maximum Gasteiger partial charge on any atom is 0.274 e. The Morgan fingerprint density at radius 1 is 0.929 bits per heavy atom. The first kappa shape index (κ1) is 17.5. The summed E-state index contributed by atoms with van der Waals surface area (Å²) < 4.78 is 2.38. The van der Waals surface area contributed by atoms with E-state index in [0.29, 0.717) is 4.53 Å². The number of halogens is 1. The van der Waals surface area contributed by atoms with E-state index >= 15 is 0 Å². The molecule has 3 aromatic carbocycles. The molecule has 3 nitrogen and oxygen atoms in total. The quantitative estimate of drug-likeness (QED) is 0.399. The van der Waals surface area contributed by atoms with E-state index in [9.17, 15) is 4.79 Å². The van der Waals surface area contributed by atoms with Gasteiger partial charge in [0.05, 0.1) is 15.6 Å². The van der Waals surface area contributed by atoms with E-state index in [-0.39, 0.29) is 5.56 Å². The van der Waals surface area contributed by atoms with E-state index in [1.54, 1.807) is 16.2 Å². The second-order valence-corrected chi connectivity index (χ2v) is 8.85.